The molecule has 1 rings (SSSR count). The van der Waals surface area contributed by atoms with Gasteiger partial charge in [-0.3, -0.25) is 0 Å². The molecule has 0 aromatic heterocycles. The van der Waals surface area contributed by atoms with Gasteiger partial charge in [-0.1, -0.05) is 6.07 Å². The molecule has 0 aliphatic rings. The van der Waals surface area contributed by atoms with Gasteiger partial charge in [-0.2, -0.15) is 13.2 Å². The number of hydrogen-bond donors (Lipinski definition) is 0. The van der Waals surface area contributed by atoms with E-state index >= 15 is 0 Å². The van der Waals surface area contributed by atoms with Crippen molar-refractivity contribution in [2.24, 2.45) is 4.99 Å². The number of isocyanates is 1. The zero-order valence-electron chi connectivity index (χ0n) is 8.64. The van der Waals surface area contributed by atoms with Crippen molar-refractivity contribution in [3.05, 3.63) is 34.9 Å². The van der Waals surface area contributed by atoms with Crippen LogP contribution in [0.1, 0.15) is 16.7 Å². The monoisotopic (exact) mass is 229 g/mol. The normalized spacial score (nSPS) is 11.0. The summed E-state index contributed by atoms with van der Waals surface area (Å²) < 4.78 is 37.0. The van der Waals surface area contributed by atoms with Gasteiger partial charge in [0.15, 0.2) is 0 Å². The first-order valence-electron chi connectivity index (χ1n) is 4.65. The van der Waals surface area contributed by atoms with Crippen LogP contribution < -0.4 is 0 Å². The van der Waals surface area contributed by atoms with E-state index in [1.54, 1.807) is 6.92 Å². The molecular weight excluding hydrogens is 219 g/mol. The molecule has 0 aliphatic heterocycles. The number of halogens is 3. The summed E-state index contributed by atoms with van der Waals surface area (Å²) in [5, 5.41) is 0. The molecule has 0 saturated heterocycles. The number of aryl methyl sites for hydroxylation is 1. The third-order valence-electron chi connectivity index (χ3n) is 2.23. The largest absolute Gasteiger partial charge is 0.416 e. The zero-order valence-corrected chi connectivity index (χ0v) is 8.64. The Morgan fingerprint density at radius 1 is 1.38 bits per heavy atom. The minimum Gasteiger partial charge on any atom is -0.211 e. The fourth-order valence-corrected chi connectivity index (χ4v) is 1.37. The van der Waals surface area contributed by atoms with Crippen LogP contribution >= 0.6 is 0 Å². The van der Waals surface area contributed by atoms with Crippen LogP contribution in [0, 0.1) is 6.92 Å². The Morgan fingerprint density at radius 2 is 2.06 bits per heavy atom. The predicted molar refractivity (Wildman–Crippen MR) is 52.9 cm³/mol. The molecule has 0 bridgehead atoms. The fraction of sp³-hybridized carbons (Fsp3) is 0.364. The van der Waals surface area contributed by atoms with Gasteiger partial charge in [0.1, 0.15) is 0 Å². The molecule has 1 aromatic rings. The van der Waals surface area contributed by atoms with Crippen molar-refractivity contribution in [3.63, 3.8) is 0 Å². The number of carbonyl (C=O) groups excluding carboxylic acids is 1. The van der Waals surface area contributed by atoms with Crippen molar-refractivity contribution in [1.29, 1.82) is 0 Å². The first kappa shape index (κ1) is 12.5. The molecule has 0 unspecified atom stereocenters. The topological polar surface area (TPSA) is 29.4 Å². The number of aliphatic imine (C=N–C) groups is 1. The van der Waals surface area contributed by atoms with E-state index in [4.69, 9.17) is 0 Å². The average Bonchev–Trinajstić information content (AvgIpc) is 2.19. The van der Waals surface area contributed by atoms with Crippen molar-refractivity contribution in [2.45, 2.75) is 19.5 Å². The summed E-state index contributed by atoms with van der Waals surface area (Å²) in [6.07, 6.45) is -2.48. The van der Waals surface area contributed by atoms with E-state index in [2.05, 4.69) is 4.99 Å². The number of rotatable bonds is 3. The van der Waals surface area contributed by atoms with Gasteiger partial charge >= 0.3 is 6.18 Å². The summed E-state index contributed by atoms with van der Waals surface area (Å²) in [6, 6.07) is 3.55. The lowest BCUT2D eigenvalue weighted by molar-refractivity contribution is -0.137. The van der Waals surface area contributed by atoms with E-state index in [1.165, 1.54) is 12.1 Å². The van der Waals surface area contributed by atoms with Crippen LogP contribution in [0.25, 0.3) is 0 Å². The van der Waals surface area contributed by atoms with Crippen molar-refractivity contribution < 1.29 is 18.0 Å². The van der Waals surface area contributed by atoms with Crippen LogP contribution in [0.5, 0.6) is 0 Å². The van der Waals surface area contributed by atoms with Gasteiger partial charge < -0.3 is 0 Å². The lowest BCUT2D eigenvalue weighted by atomic mass is 10.0. The van der Waals surface area contributed by atoms with Crippen LogP contribution in [0.15, 0.2) is 23.2 Å². The van der Waals surface area contributed by atoms with Gasteiger partial charge in [0.25, 0.3) is 0 Å². The second-order valence-corrected chi connectivity index (χ2v) is 3.36. The van der Waals surface area contributed by atoms with Gasteiger partial charge in [0.2, 0.25) is 6.08 Å². The summed E-state index contributed by atoms with van der Waals surface area (Å²) in [5.74, 6) is 0. The van der Waals surface area contributed by atoms with Crippen molar-refractivity contribution in [3.8, 4) is 0 Å². The molecule has 0 spiro atoms. The molecule has 0 N–H and O–H groups in total. The van der Waals surface area contributed by atoms with Crippen LogP contribution in [0.4, 0.5) is 13.2 Å². The second-order valence-electron chi connectivity index (χ2n) is 3.36. The molecule has 86 valence electrons. The summed E-state index contributed by atoms with van der Waals surface area (Å²) in [4.78, 5) is 13.2. The molecule has 0 saturated carbocycles. The average molecular weight is 229 g/mol. The first-order valence-corrected chi connectivity index (χ1v) is 4.65. The maximum absolute atomic E-state index is 12.3. The molecule has 5 heteroatoms. The summed E-state index contributed by atoms with van der Waals surface area (Å²) >= 11 is 0. The second kappa shape index (κ2) is 4.94. The fourth-order valence-electron chi connectivity index (χ4n) is 1.37. The van der Waals surface area contributed by atoms with Crippen molar-refractivity contribution >= 4 is 6.08 Å². The molecule has 2 nitrogen and oxygen atoms in total. The number of benzene rings is 1. The summed E-state index contributed by atoms with van der Waals surface area (Å²) in [7, 11) is 0. The van der Waals surface area contributed by atoms with Crippen molar-refractivity contribution in [1.82, 2.24) is 0 Å². The molecule has 0 atom stereocenters. The number of nitrogens with zero attached hydrogens (tertiary/aromatic N) is 1. The maximum atomic E-state index is 12.3. The molecule has 1 aromatic carbocycles. The Balaban J connectivity index is 2.87. The quantitative estimate of drug-likeness (QED) is 0.578. The maximum Gasteiger partial charge on any atom is 0.416 e. The molecule has 0 radical (unpaired) electrons. The van der Waals surface area contributed by atoms with E-state index in [0.29, 0.717) is 12.0 Å². The highest BCUT2D eigenvalue weighted by molar-refractivity contribution is 5.35. The smallest absolute Gasteiger partial charge is 0.211 e. The molecule has 0 amide bonds. The minimum atomic E-state index is -4.32. The van der Waals surface area contributed by atoms with E-state index in [0.717, 1.165) is 17.7 Å². The predicted octanol–water partition coefficient (Wildman–Crippen LogP) is 2.89. The third-order valence-corrected chi connectivity index (χ3v) is 2.23. The number of hydrogen-bond acceptors (Lipinski definition) is 2. The van der Waals surface area contributed by atoms with Crippen molar-refractivity contribution in [2.75, 3.05) is 6.54 Å². The Labute approximate surface area is 90.8 Å². The Morgan fingerprint density at radius 3 is 2.56 bits per heavy atom. The van der Waals surface area contributed by atoms with E-state index < -0.39 is 11.7 Å². The highest BCUT2D eigenvalue weighted by atomic mass is 19.4. The lowest BCUT2D eigenvalue weighted by Gasteiger charge is -2.10. The zero-order chi connectivity index (χ0) is 12.2. The van der Waals surface area contributed by atoms with Crippen LogP contribution in [0.2, 0.25) is 0 Å². The molecule has 0 fully saturated rings. The van der Waals surface area contributed by atoms with Crippen LogP contribution in [-0.4, -0.2) is 12.6 Å². The van der Waals surface area contributed by atoms with Gasteiger partial charge in [-0.25, -0.2) is 9.79 Å². The highest BCUT2D eigenvalue weighted by Gasteiger charge is 2.30. The van der Waals surface area contributed by atoms with E-state index in [9.17, 15) is 18.0 Å². The van der Waals surface area contributed by atoms with E-state index in [1.807, 2.05) is 0 Å². The summed E-state index contributed by atoms with van der Waals surface area (Å²) in [5.41, 5.74) is 0.649. The lowest BCUT2D eigenvalue weighted by Crippen LogP contribution is -2.06. The van der Waals surface area contributed by atoms with Gasteiger partial charge in [-0.15, -0.1) is 0 Å². The van der Waals surface area contributed by atoms with Crippen LogP contribution in [0.3, 0.4) is 0 Å². The van der Waals surface area contributed by atoms with Gasteiger partial charge in [0, 0.05) is 0 Å². The summed E-state index contributed by atoms with van der Waals surface area (Å²) in [6.45, 7) is 1.85. The molecule has 0 heterocycles. The van der Waals surface area contributed by atoms with Gasteiger partial charge in [0.05, 0.1) is 12.1 Å². The Hall–Kier alpha value is -1.61. The minimum absolute atomic E-state index is 0.246. The molecule has 16 heavy (non-hydrogen) atoms. The highest BCUT2D eigenvalue weighted by Crippen LogP contribution is 2.30. The Kier molecular flexibility index (Phi) is 3.85. The molecular formula is C11H10F3NO. The third kappa shape index (κ3) is 3.21. The SMILES string of the molecule is Cc1cc(C(F)(F)F)ccc1CCN=C=O. The number of alkyl halides is 3. The Bertz CT molecular complexity index is 420. The van der Waals surface area contributed by atoms with E-state index in [-0.39, 0.29) is 6.54 Å². The molecule has 0 aliphatic carbocycles. The first-order chi connectivity index (χ1) is 7.45. The van der Waals surface area contributed by atoms with Crippen LogP contribution in [-0.2, 0) is 17.4 Å². The van der Waals surface area contributed by atoms with Gasteiger partial charge in [-0.05, 0) is 36.6 Å². The standard InChI is InChI=1S/C11H10F3NO/c1-8-6-10(11(12,13)14)3-2-9(8)4-5-15-7-16/h2-3,6H,4-5H2,1H3.